The van der Waals surface area contributed by atoms with Gasteiger partial charge in [-0.15, -0.1) is 0 Å². The molecule has 0 aliphatic rings. The van der Waals surface area contributed by atoms with Gasteiger partial charge in [0.15, 0.2) is 0 Å². The normalized spacial score (nSPS) is 11.7. The summed E-state index contributed by atoms with van der Waals surface area (Å²) in [5.74, 6) is -1.76. The van der Waals surface area contributed by atoms with E-state index in [-0.39, 0.29) is 17.0 Å². The Morgan fingerprint density at radius 1 is 1.17 bits per heavy atom. The Labute approximate surface area is 143 Å². The van der Waals surface area contributed by atoms with E-state index in [1.807, 2.05) is 0 Å². The average molecular weight is 353 g/mol. The predicted octanol–water partition coefficient (Wildman–Crippen LogP) is 3.00. The van der Waals surface area contributed by atoms with Crippen LogP contribution in [0.25, 0.3) is 0 Å². The number of nitrogens with two attached hydrogens (primary N) is 1. The summed E-state index contributed by atoms with van der Waals surface area (Å²) in [6.07, 6.45) is 0.101. The molecule has 2 rings (SSSR count). The summed E-state index contributed by atoms with van der Waals surface area (Å²) in [6.45, 7) is 0. The smallest absolute Gasteiger partial charge is 0.326 e. The molecule has 0 radical (unpaired) electrons. The van der Waals surface area contributed by atoms with Crippen LogP contribution in [0, 0.1) is 0 Å². The fraction of sp³-hybridized carbons (Fsp3) is 0.125. The van der Waals surface area contributed by atoms with Crippen LogP contribution in [0.5, 0.6) is 0 Å². The summed E-state index contributed by atoms with van der Waals surface area (Å²) in [5.41, 5.74) is 7.02. The van der Waals surface area contributed by atoms with Gasteiger partial charge in [-0.2, -0.15) is 0 Å². The van der Waals surface area contributed by atoms with Crippen LogP contribution in [0.15, 0.2) is 42.5 Å². The summed E-state index contributed by atoms with van der Waals surface area (Å²) < 4.78 is 0. The van der Waals surface area contributed by atoms with Crippen LogP contribution in [-0.2, 0) is 11.2 Å². The van der Waals surface area contributed by atoms with Crippen LogP contribution < -0.4 is 11.1 Å². The van der Waals surface area contributed by atoms with Crippen LogP contribution in [0.3, 0.4) is 0 Å². The molecule has 2 aromatic rings. The van der Waals surface area contributed by atoms with Crippen LogP contribution in [0.1, 0.15) is 15.9 Å². The van der Waals surface area contributed by atoms with Gasteiger partial charge >= 0.3 is 5.97 Å². The highest BCUT2D eigenvalue weighted by Gasteiger charge is 2.22. The highest BCUT2D eigenvalue weighted by atomic mass is 35.5. The third kappa shape index (κ3) is 4.61. The maximum atomic E-state index is 12.2. The second-order valence-electron chi connectivity index (χ2n) is 4.94. The Morgan fingerprint density at radius 3 is 2.57 bits per heavy atom. The van der Waals surface area contributed by atoms with Crippen LogP contribution in [0.4, 0.5) is 5.69 Å². The molecule has 1 unspecified atom stereocenters. The van der Waals surface area contributed by atoms with E-state index >= 15 is 0 Å². The van der Waals surface area contributed by atoms with Crippen LogP contribution >= 0.6 is 23.2 Å². The Bertz CT molecular complexity index is 750. The molecule has 0 aliphatic heterocycles. The van der Waals surface area contributed by atoms with Gasteiger partial charge in [0.1, 0.15) is 6.04 Å². The van der Waals surface area contributed by atoms with Gasteiger partial charge in [0.25, 0.3) is 5.91 Å². The number of carboxylic acid groups (broad SMARTS) is 1. The fourth-order valence-corrected chi connectivity index (χ4v) is 2.44. The number of aliphatic carboxylic acids is 1. The fourth-order valence-electron chi connectivity index (χ4n) is 2.06. The van der Waals surface area contributed by atoms with Crippen LogP contribution in [0.2, 0.25) is 10.0 Å². The number of carbonyl (C=O) groups is 2. The number of nitrogen functional groups attached to an aromatic ring is 1. The number of rotatable bonds is 5. The predicted molar refractivity (Wildman–Crippen MR) is 89.9 cm³/mol. The number of hydrogen-bond donors (Lipinski definition) is 3. The molecule has 1 amide bonds. The first kappa shape index (κ1) is 17.1. The molecule has 0 saturated heterocycles. The van der Waals surface area contributed by atoms with Crippen molar-refractivity contribution >= 4 is 40.8 Å². The van der Waals surface area contributed by atoms with Gasteiger partial charge in [-0.3, -0.25) is 4.79 Å². The lowest BCUT2D eigenvalue weighted by molar-refractivity contribution is -0.139. The minimum Gasteiger partial charge on any atom is -0.480 e. The number of benzene rings is 2. The van der Waals surface area contributed by atoms with Crippen molar-refractivity contribution in [3.63, 3.8) is 0 Å². The molecule has 2 aromatic carbocycles. The third-order valence-corrected chi connectivity index (χ3v) is 3.73. The number of halogens is 2. The third-order valence-electron chi connectivity index (χ3n) is 3.17. The van der Waals surface area contributed by atoms with Gasteiger partial charge < -0.3 is 16.2 Å². The first-order valence-electron chi connectivity index (χ1n) is 6.70. The highest BCUT2D eigenvalue weighted by Crippen LogP contribution is 2.20. The molecular weight excluding hydrogens is 339 g/mol. The number of carbonyl (C=O) groups excluding carboxylic acids is 1. The molecule has 7 heteroatoms. The van der Waals surface area contributed by atoms with Gasteiger partial charge in [0, 0.05) is 17.1 Å². The van der Waals surface area contributed by atoms with Crippen molar-refractivity contribution in [2.45, 2.75) is 12.5 Å². The van der Waals surface area contributed by atoms with E-state index < -0.39 is 17.9 Å². The molecule has 23 heavy (non-hydrogen) atoms. The van der Waals surface area contributed by atoms with Gasteiger partial charge in [0.05, 0.1) is 10.6 Å². The largest absolute Gasteiger partial charge is 0.480 e. The van der Waals surface area contributed by atoms with Crippen molar-refractivity contribution in [2.75, 3.05) is 5.73 Å². The highest BCUT2D eigenvalue weighted by molar-refractivity contribution is 6.35. The second kappa shape index (κ2) is 7.35. The van der Waals surface area contributed by atoms with Gasteiger partial charge in [0.2, 0.25) is 0 Å². The molecule has 0 spiro atoms. The standard InChI is InChI=1S/C16H14Cl2N2O3/c17-10-4-5-13(18)12(8-10)15(21)20-14(16(22)23)7-9-2-1-3-11(19)6-9/h1-6,8,14H,7,19H2,(H,20,21)(H,22,23). The zero-order valence-corrected chi connectivity index (χ0v) is 13.4. The van der Waals surface area contributed by atoms with E-state index in [4.69, 9.17) is 28.9 Å². The Hall–Kier alpha value is -2.24. The first-order valence-corrected chi connectivity index (χ1v) is 7.45. The molecule has 0 aromatic heterocycles. The molecule has 0 heterocycles. The number of nitrogens with one attached hydrogen (secondary N) is 1. The summed E-state index contributed by atoms with van der Waals surface area (Å²) >= 11 is 11.8. The zero-order valence-electron chi connectivity index (χ0n) is 11.9. The van der Waals surface area contributed by atoms with Crippen molar-refractivity contribution in [3.05, 3.63) is 63.6 Å². The van der Waals surface area contributed by atoms with Crippen LogP contribution in [-0.4, -0.2) is 23.0 Å². The van der Waals surface area contributed by atoms with Gasteiger partial charge in [-0.05, 0) is 35.9 Å². The molecule has 0 fully saturated rings. The Kier molecular flexibility index (Phi) is 5.47. The molecule has 0 aliphatic carbocycles. The summed E-state index contributed by atoms with van der Waals surface area (Å²) in [5, 5.41) is 12.3. The lowest BCUT2D eigenvalue weighted by Gasteiger charge is -2.15. The lowest BCUT2D eigenvalue weighted by Crippen LogP contribution is -2.42. The summed E-state index contributed by atoms with van der Waals surface area (Å²) in [7, 11) is 0. The molecule has 0 bridgehead atoms. The molecule has 120 valence electrons. The van der Waals surface area contributed by atoms with Crippen molar-refractivity contribution in [1.82, 2.24) is 5.32 Å². The minimum absolute atomic E-state index is 0.101. The van der Waals surface area contributed by atoms with E-state index in [0.29, 0.717) is 16.3 Å². The SMILES string of the molecule is Nc1cccc(CC(NC(=O)c2cc(Cl)ccc2Cl)C(=O)O)c1. The maximum Gasteiger partial charge on any atom is 0.326 e. The molecule has 4 N–H and O–H groups in total. The topological polar surface area (TPSA) is 92.4 Å². The first-order chi connectivity index (χ1) is 10.9. The number of carboxylic acids is 1. The van der Waals surface area contributed by atoms with Crippen molar-refractivity contribution < 1.29 is 14.7 Å². The van der Waals surface area contributed by atoms with Crippen molar-refractivity contribution in [1.29, 1.82) is 0 Å². The number of anilines is 1. The molecular formula is C16H14Cl2N2O3. The van der Waals surface area contributed by atoms with E-state index in [0.717, 1.165) is 0 Å². The molecule has 0 saturated carbocycles. The minimum atomic E-state index is -1.15. The maximum absolute atomic E-state index is 12.2. The van der Waals surface area contributed by atoms with Crippen molar-refractivity contribution in [2.24, 2.45) is 0 Å². The van der Waals surface area contributed by atoms with E-state index in [1.54, 1.807) is 30.3 Å². The quantitative estimate of drug-likeness (QED) is 0.721. The lowest BCUT2D eigenvalue weighted by atomic mass is 10.0. The zero-order chi connectivity index (χ0) is 17.0. The monoisotopic (exact) mass is 352 g/mol. The number of amides is 1. The Morgan fingerprint density at radius 2 is 1.91 bits per heavy atom. The van der Waals surface area contributed by atoms with Crippen molar-refractivity contribution in [3.8, 4) is 0 Å². The average Bonchev–Trinajstić information content (AvgIpc) is 2.49. The number of hydrogen-bond acceptors (Lipinski definition) is 3. The molecule has 1 atom stereocenters. The van der Waals surface area contributed by atoms with E-state index in [9.17, 15) is 14.7 Å². The van der Waals surface area contributed by atoms with Gasteiger partial charge in [-0.1, -0.05) is 35.3 Å². The summed E-state index contributed by atoms with van der Waals surface area (Å²) in [4.78, 5) is 23.6. The summed E-state index contributed by atoms with van der Waals surface area (Å²) in [6, 6.07) is 10.1. The molecule has 5 nitrogen and oxygen atoms in total. The second-order valence-corrected chi connectivity index (χ2v) is 5.78. The Balaban J connectivity index is 2.17. The van der Waals surface area contributed by atoms with Gasteiger partial charge in [-0.25, -0.2) is 4.79 Å². The van der Waals surface area contributed by atoms with E-state index in [1.165, 1.54) is 12.1 Å². The van der Waals surface area contributed by atoms with E-state index in [2.05, 4.69) is 5.32 Å².